The van der Waals surface area contributed by atoms with Gasteiger partial charge in [-0.05, 0) is 35.9 Å². The molecule has 4 aromatic heterocycles. The van der Waals surface area contributed by atoms with Crippen molar-refractivity contribution in [1.29, 1.82) is 0 Å². The van der Waals surface area contributed by atoms with Crippen LogP contribution in [0.25, 0.3) is 27.8 Å². The van der Waals surface area contributed by atoms with Crippen LogP contribution in [0.15, 0.2) is 61.4 Å². The molecule has 0 bridgehead atoms. The van der Waals surface area contributed by atoms with Gasteiger partial charge < -0.3 is 5.32 Å². The highest BCUT2D eigenvalue weighted by atomic mass is 15.2. The highest BCUT2D eigenvalue weighted by Gasteiger charge is 2.09. The van der Waals surface area contributed by atoms with Gasteiger partial charge >= 0.3 is 0 Å². The zero-order chi connectivity index (χ0) is 17.3. The van der Waals surface area contributed by atoms with Gasteiger partial charge in [-0.1, -0.05) is 0 Å². The van der Waals surface area contributed by atoms with E-state index in [-0.39, 0.29) is 0 Å². The second kappa shape index (κ2) is 5.92. The van der Waals surface area contributed by atoms with E-state index in [1.807, 2.05) is 34.9 Å². The number of fused-ring (bicyclic) bond motifs is 2. The number of rotatable bonds is 4. The fourth-order valence-corrected chi connectivity index (χ4v) is 2.84. The number of imidazole rings is 1. The molecule has 0 unspecified atom stereocenters. The van der Waals surface area contributed by atoms with Crippen LogP contribution in [0.4, 0.5) is 5.95 Å². The van der Waals surface area contributed by atoms with Gasteiger partial charge in [0.25, 0.3) is 0 Å². The Morgan fingerprint density at radius 2 is 1.96 bits per heavy atom. The Morgan fingerprint density at radius 3 is 2.88 bits per heavy atom. The summed E-state index contributed by atoms with van der Waals surface area (Å²) in [5, 5.41) is 11.4. The topological polar surface area (TPSA) is 97.2 Å². The molecule has 26 heavy (non-hydrogen) atoms. The minimum atomic E-state index is 0.554. The highest BCUT2D eigenvalue weighted by molar-refractivity contribution is 5.81. The van der Waals surface area contributed by atoms with Crippen molar-refractivity contribution in [2.75, 3.05) is 5.32 Å². The second-order valence-electron chi connectivity index (χ2n) is 5.87. The number of aromatic nitrogens is 7. The van der Waals surface area contributed by atoms with Crippen molar-refractivity contribution < 1.29 is 0 Å². The number of nitrogens with zero attached hydrogens (tertiary/aromatic N) is 6. The Kier molecular flexibility index (Phi) is 3.31. The monoisotopic (exact) mass is 342 g/mol. The lowest BCUT2D eigenvalue weighted by atomic mass is 10.2. The minimum Gasteiger partial charge on any atom is -0.350 e. The quantitative estimate of drug-likeness (QED) is 0.521. The number of anilines is 1. The molecule has 126 valence electrons. The van der Waals surface area contributed by atoms with Crippen molar-refractivity contribution in [3.8, 4) is 5.69 Å². The first-order valence-corrected chi connectivity index (χ1v) is 8.13. The van der Waals surface area contributed by atoms with E-state index in [1.165, 1.54) is 0 Å². The Morgan fingerprint density at radius 1 is 1.04 bits per heavy atom. The Balaban J connectivity index is 1.50. The van der Waals surface area contributed by atoms with Gasteiger partial charge in [-0.2, -0.15) is 10.1 Å². The standard InChI is InChI=1S/C18H14N8/c1-2-14(7-15-13(1)9-23-25-15)26-11-22-16-10-21-18(24-17(16)26)20-8-12-3-5-19-6-4-12/h1-7,9-11H,8H2,(H,23,25)(H,20,21,24). The molecule has 0 saturated carbocycles. The zero-order valence-corrected chi connectivity index (χ0v) is 13.7. The molecule has 5 aromatic rings. The van der Waals surface area contributed by atoms with Crippen LogP contribution in [-0.2, 0) is 6.54 Å². The zero-order valence-electron chi connectivity index (χ0n) is 13.7. The summed E-state index contributed by atoms with van der Waals surface area (Å²) in [5.74, 6) is 0.554. The van der Waals surface area contributed by atoms with Crippen molar-refractivity contribution in [1.82, 2.24) is 34.7 Å². The number of aromatic amines is 1. The van der Waals surface area contributed by atoms with Crippen LogP contribution in [0, 0.1) is 0 Å². The summed E-state index contributed by atoms with van der Waals surface area (Å²) < 4.78 is 1.94. The number of H-pyrrole nitrogens is 1. The van der Waals surface area contributed by atoms with Gasteiger partial charge in [0.1, 0.15) is 11.8 Å². The van der Waals surface area contributed by atoms with Crippen LogP contribution in [0.1, 0.15) is 5.56 Å². The van der Waals surface area contributed by atoms with E-state index in [2.05, 4.69) is 35.5 Å². The summed E-state index contributed by atoms with van der Waals surface area (Å²) in [4.78, 5) is 17.4. The predicted molar refractivity (Wildman–Crippen MR) is 97.9 cm³/mol. The van der Waals surface area contributed by atoms with Crippen LogP contribution in [0.5, 0.6) is 0 Å². The third kappa shape index (κ3) is 2.53. The number of nitrogens with one attached hydrogen (secondary N) is 2. The third-order valence-electron chi connectivity index (χ3n) is 4.19. The molecule has 5 rings (SSSR count). The lowest BCUT2D eigenvalue weighted by molar-refractivity contribution is 1.03. The number of benzene rings is 1. The second-order valence-corrected chi connectivity index (χ2v) is 5.87. The van der Waals surface area contributed by atoms with Crippen molar-refractivity contribution >= 4 is 28.0 Å². The molecule has 2 N–H and O–H groups in total. The van der Waals surface area contributed by atoms with Gasteiger partial charge in [0, 0.05) is 24.3 Å². The summed E-state index contributed by atoms with van der Waals surface area (Å²) in [6.45, 7) is 0.627. The molecule has 8 heteroatoms. The molecule has 0 amide bonds. The van der Waals surface area contributed by atoms with Crippen LogP contribution in [0.3, 0.4) is 0 Å². The van der Waals surface area contributed by atoms with E-state index in [0.29, 0.717) is 12.5 Å². The maximum absolute atomic E-state index is 4.63. The summed E-state index contributed by atoms with van der Waals surface area (Å²) in [7, 11) is 0. The van der Waals surface area contributed by atoms with Crippen molar-refractivity contribution in [2.45, 2.75) is 6.54 Å². The normalized spacial score (nSPS) is 11.2. The molecule has 0 radical (unpaired) electrons. The van der Waals surface area contributed by atoms with E-state index < -0.39 is 0 Å². The number of hydrogen-bond acceptors (Lipinski definition) is 6. The molecule has 1 aromatic carbocycles. The van der Waals surface area contributed by atoms with Gasteiger partial charge in [0.05, 0.1) is 23.6 Å². The first-order valence-electron chi connectivity index (χ1n) is 8.13. The van der Waals surface area contributed by atoms with E-state index in [1.54, 1.807) is 31.1 Å². The Bertz CT molecular complexity index is 1190. The third-order valence-corrected chi connectivity index (χ3v) is 4.19. The molecule has 0 aliphatic rings. The van der Waals surface area contributed by atoms with Gasteiger partial charge in [0.2, 0.25) is 5.95 Å². The van der Waals surface area contributed by atoms with E-state index in [9.17, 15) is 0 Å². The van der Waals surface area contributed by atoms with Gasteiger partial charge in [-0.25, -0.2) is 9.97 Å². The summed E-state index contributed by atoms with van der Waals surface area (Å²) in [5.41, 5.74) is 4.53. The fraction of sp³-hybridized carbons (Fsp3) is 0.0556. The maximum atomic E-state index is 4.63. The molecule has 0 saturated heterocycles. The van der Waals surface area contributed by atoms with E-state index in [0.717, 1.165) is 33.3 Å². The lowest BCUT2D eigenvalue weighted by Gasteiger charge is -2.06. The maximum Gasteiger partial charge on any atom is 0.225 e. The molecular weight excluding hydrogens is 328 g/mol. The van der Waals surface area contributed by atoms with Crippen LogP contribution in [-0.4, -0.2) is 34.7 Å². The van der Waals surface area contributed by atoms with E-state index in [4.69, 9.17) is 0 Å². The molecule has 0 fully saturated rings. The first kappa shape index (κ1) is 14.5. The van der Waals surface area contributed by atoms with Gasteiger partial charge in [-0.3, -0.25) is 14.6 Å². The fourth-order valence-electron chi connectivity index (χ4n) is 2.84. The Hall–Kier alpha value is -3.81. The van der Waals surface area contributed by atoms with Crippen LogP contribution >= 0.6 is 0 Å². The summed E-state index contributed by atoms with van der Waals surface area (Å²) >= 11 is 0. The molecule has 0 aliphatic heterocycles. The Labute approximate surface area is 148 Å². The molecule has 8 nitrogen and oxygen atoms in total. The smallest absolute Gasteiger partial charge is 0.225 e. The van der Waals surface area contributed by atoms with Crippen LogP contribution < -0.4 is 5.32 Å². The van der Waals surface area contributed by atoms with Crippen molar-refractivity contribution in [2.24, 2.45) is 0 Å². The average Bonchev–Trinajstić information content (AvgIpc) is 3.33. The first-order chi connectivity index (χ1) is 12.9. The summed E-state index contributed by atoms with van der Waals surface area (Å²) in [6, 6.07) is 9.97. The van der Waals surface area contributed by atoms with Gasteiger partial charge in [0.15, 0.2) is 5.65 Å². The molecule has 0 aliphatic carbocycles. The summed E-state index contributed by atoms with van der Waals surface area (Å²) in [6.07, 6.45) is 8.81. The predicted octanol–water partition coefficient (Wildman–Crippen LogP) is 2.70. The minimum absolute atomic E-state index is 0.554. The molecule has 0 spiro atoms. The van der Waals surface area contributed by atoms with Gasteiger partial charge in [-0.15, -0.1) is 0 Å². The average molecular weight is 342 g/mol. The SMILES string of the molecule is c1cc(CNc2ncc3ncn(-c4ccc5cn[nH]c5c4)c3n2)ccn1. The highest BCUT2D eigenvalue weighted by Crippen LogP contribution is 2.20. The van der Waals surface area contributed by atoms with E-state index >= 15 is 0 Å². The number of hydrogen-bond donors (Lipinski definition) is 2. The molecular formula is C18H14N8. The lowest BCUT2D eigenvalue weighted by Crippen LogP contribution is -2.04. The number of pyridine rings is 1. The largest absolute Gasteiger partial charge is 0.350 e. The van der Waals surface area contributed by atoms with Crippen LogP contribution in [0.2, 0.25) is 0 Å². The van der Waals surface area contributed by atoms with Crippen molar-refractivity contribution in [3.05, 3.63) is 67.0 Å². The molecule has 4 heterocycles. The molecule has 0 atom stereocenters. The van der Waals surface area contributed by atoms with Crippen molar-refractivity contribution in [3.63, 3.8) is 0 Å².